The van der Waals surface area contributed by atoms with Gasteiger partial charge in [0.1, 0.15) is 17.1 Å². The molecule has 1 nitrogen and oxygen atoms in total. The molecule has 0 saturated heterocycles. The van der Waals surface area contributed by atoms with Crippen LogP contribution in [0.1, 0.15) is 39.7 Å². The van der Waals surface area contributed by atoms with Crippen molar-refractivity contribution in [1.29, 1.82) is 0 Å². The molecule has 1 rings (SSSR count). The Labute approximate surface area is 116 Å². The highest BCUT2D eigenvalue weighted by Gasteiger charge is 2.35. The van der Waals surface area contributed by atoms with Crippen LogP contribution in [0.2, 0.25) is 0 Å². The molecule has 0 heterocycles. The zero-order chi connectivity index (χ0) is 15.6. The first-order valence-corrected chi connectivity index (χ1v) is 6.55. The van der Waals surface area contributed by atoms with E-state index in [2.05, 4.69) is 0 Å². The van der Waals surface area contributed by atoms with Crippen molar-refractivity contribution in [2.75, 3.05) is 6.61 Å². The van der Waals surface area contributed by atoms with Gasteiger partial charge < -0.3 is 4.74 Å². The van der Waals surface area contributed by atoms with Gasteiger partial charge in [-0.1, -0.05) is 27.7 Å². The number of benzene rings is 1. The summed E-state index contributed by atoms with van der Waals surface area (Å²) in [5, 5.41) is 0. The third-order valence-electron chi connectivity index (χ3n) is 3.40. The third-order valence-corrected chi connectivity index (χ3v) is 3.40. The number of alkyl halides is 3. The van der Waals surface area contributed by atoms with Gasteiger partial charge in [0.2, 0.25) is 0 Å². The first-order chi connectivity index (χ1) is 9.05. The van der Waals surface area contributed by atoms with Crippen molar-refractivity contribution in [1.82, 2.24) is 0 Å². The van der Waals surface area contributed by atoms with Crippen molar-refractivity contribution >= 4 is 0 Å². The van der Waals surface area contributed by atoms with E-state index in [-0.39, 0.29) is 23.7 Å². The maximum atomic E-state index is 13.0. The van der Waals surface area contributed by atoms with Gasteiger partial charge in [-0.25, -0.2) is 4.39 Å². The molecule has 0 spiro atoms. The predicted octanol–water partition coefficient (Wildman–Crippen LogP) is 5.30. The SMILES string of the molecule is CCC(COc1ccc(F)cc1C(F)(F)F)C(C)(C)C. The Kier molecular flexibility index (Phi) is 5.05. The van der Waals surface area contributed by atoms with Gasteiger partial charge in [0.05, 0.1) is 6.61 Å². The minimum Gasteiger partial charge on any atom is -0.493 e. The Morgan fingerprint density at radius 3 is 2.20 bits per heavy atom. The average molecular weight is 292 g/mol. The second-order valence-electron chi connectivity index (χ2n) is 5.92. The molecule has 0 aliphatic carbocycles. The minimum atomic E-state index is -4.62. The molecule has 5 heteroatoms. The van der Waals surface area contributed by atoms with Crippen molar-refractivity contribution in [2.45, 2.75) is 40.3 Å². The van der Waals surface area contributed by atoms with Crippen LogP contribution in [-0.4, -0.2) is 6.61 Å². The maximum Gasteiger partial charge on any atom is 0.420 e. The summed E-state index contributed by atoms with van der Waals surface area (Å²) >= 11 is 0. The van der Waals surface area contributed by atoms with E-state index in [4.69, 9.17) is 4.74 Å². The molecule has 0 fully saturated rings. The van der Waals surface area contributed by atoms with Gasteiger partial charge in [-0.2, -0.15) is 13.2 Å². The lowest BCUT2D eigenvalue weighted by molar-refractivity contribution is -0.139. The topological polar surface area (TPSA) is 9.23 Å². The molecule has 1 aromatic rings. The van der Waals surface area contributed by atoms with Crippen LogP contribution in [0.3, 0.4) is 0 Å². The first kappa shape index (κ1) is 16.8. The van der Waals surface area contributed by atoms with Crippen LogP contribution >= 0.6 is 0 Å². The van der Waals surface area contributed by atoms with E-state index in [0.717, 1.165) is 18.6 Å². The summed E-state index contributed by atoms with van der Waals surface area (Å²) in [6, 6.07) is 2.48. The fourth-order valence-electron chi connectivity index (χ4n) is 2.02. The average Bonchev–Trinajstić information content (AvgIpc) is 2.28. The van der Waals surface area contributed by atoms with E-state index in [9.17, 15) is 17.6 Å². The molecule has 114 valence electrons. The highest BCUT2D eigenvalue weighted by Crippen LogP contribution is 2.37. The highest BCUT2D eigenvalue weighted by atomic mass is 19.4. The van der Waals surface area contributed by atoms with Gasteiger partial charge >= 0.3 is 6.18 Å². The quantitative estimate of drug-likeness (QED) is 0.685. The van der Waals surface area contributed by atoms with E-state index < -0.39 is 17.6 Å². The van der Waals surface area contributed by atoms with Crippen molar-refractivity contribution in [3.8, 4) is 5.75 Å². The molecule has 0 radical (unpaired) electrons. The van der Waals surface area contributed by atoms with Gasteiger partial charge in [0, 0.05) is 0 Å². The van der Waals surface area contributed by atoms with Gasteiger partial charge in [0.25, 0.3) is 0 Å². The van der Waals surface area contributed by atoms with Crippen LogP contribution < -0.4 is 4.74 Å². The lowest BCUT2D eigenvalue weighted by Crippen LogP contribution is -2.26. The number of hydrogen-bond donors (Lipinski definition) is 0. The van der Waals surface area contributed by atoms with Gasteiger partial charge in [0.15, 0.2) is 0 Å². The zero-order valence-corrected chi connectivity index (χ0v) is 12.1. The van der Waals surface area contributed by atoms with Crippen LogP contribution in [0.4, 0.5) is 17.6 Å². The molecule has 20 heavy (non-hydrogen) atoms. The first-order valence-electron chi connectivity index (χ1n) is 6.55. The molecule has 0 aliphatic rings. The third kappa shape index (κ3) is 4.39. The highest BCUT2D eigenvalue weighted by molar-refractivity contribution is 5.36. The van der Waals surface area contributed by atoms with E-state index in [1.54, 1.807) is 0 Å². The molecular weight excluding hydrogens is 272 g/mol. The van der Waals surface area contributed by atoms with Gasteiger partial charge in [-0.05, 0) is 36.0 Å². The molecule has 1 atom stereocenters. The number of halogens is 4. The van der Waals surface area contributed by atoms with Crippen molar-refractivity contribution in [2.24, 2.45) is 11.3 Å². The van der Waals surface area contributed by atoms with E-state index in [0.29, 0.717) is 6.07 Å². The summed E-state index contributed by atoms with van der Waals surface area (Å²) in [5.41, 5.74) is -1.13. The molecule has 0 aliphatic heterocycles. The second-order valence-corrected chi connectivity index (χ2v) is 5.92. The number of rotatable bonds is 4. The summed E-state index contributed by atoms with van der Waals surface area (Å²) < 4.78 is 56.8. The second kappa shape index (κ2) is 6.02. The van der Waals surface area contributed by atoms with E-state index in [1.807, 2.05) is 27.7 Å². The monoisotopic (exact) mass is 292 g/mol. The van der Waals surface area contributed by atoms with Crippen molar-refractivity contribution in [3.05, 3.63) is 29.6 Å². The smallest absolute Gasteiger partial charge is 0.420 e. The Morgan fingerprint density at radius 2 is 1.75 bits per heavy atom. The normalized spacial score (nSPS) is 14.2. The Hall–Kier alpha value is -1.26. The molecule has 0 saturated carbocycles. The Balaban J connectivity index is 2.93. The summed E-state index contributed by atoms with van der Waals surface area (Å²) in [4.78, 5) is 0. The maximum absolute atomic E-state index is 13.0. The van der Waals surface area contributed by atoms with Crippen LogP contribution in [-0.2, 0) is 6.18 Å². The summed E-state index contributed by atoms with van der Waals surface area (Å²) in [6.45, 7) is 8.18. The van der Waals surface area contributed by atoms with Gasteiger partial charge in [-0.3, -0.25) is 0 Å². The van der Waals surface area contributed by atoms with Gasteiger partial charge in [-0.15, -0.1) is 0 Å². The van der Waals surface area contributed by atoms with Crippen LogP contribution in [0, 0.1) is 17.2 Å². The molecule has 0 aromatic heterocycles. The lowest BCUT2D eigenvalue weighted by Gasteiger charge is -2.30. The van der Waals surface area contributed by atoms with Crippen LogP contribution in [0.25, 0.3) is 0 Å². The Bertz CT molecular complexity index is 446. The van der Waals surface area contributed by atoms with E-state index in [1.165, 1.54) is 0 Å². The fraction of sp³-hybridized carbons (Fsp3) is 0.600. The van der Waals surface area contributed by atoms with Crippen LogP contribution in [0.15, 0.2) is 18.2 Å². The summed E-state index contributed by atoms with van der Waals surface area (Å²) in [7, 11) is 0. The number of ether oxygens (including phenoxy) is 1. The van der Waals surface area contributed by atoms with E-state index >= 15 is 0 Å². The summed E-state index contributed by atoms with van der Waals surface area (Å²) in [6.07, 6.45) is -3.83. The van der Waals surface area contributed by atoms with Crippen LogP contribution in [0.5, 0.6) is 5.75 Å². The molecule has 0 bridgehead atoms. The lowest BCUT2D eigenvalue weighted by atomic mass is 9.80. The molecular formula is C15H20F4O. The molecule has 0 N–H and O–H groups in total. The molecule has 1 unspecified atom stereocenters. The largest absolute Gasteiger partial charge is 0.493 e. The Morgan fingerprint density at radius 1 is 1.15 bits per heavy atom. The predicted molar refractivity (Wildman–Crippen MR) is 70.1 cm³/mol. The number of hydrogen-bond acceptors (Lipinski definition) is 1. The van der Waals surface area contributed by atoms with Crippen molar-refractivity contribution in [3.63, 3.8) is 0 Å². The molecule has 0 amide bonds. The van der Waals surface area contributed by atoms with Crippen molar-refractivity contribution < 1.29 is 22.3 Å². The molecule has 1 aromatic carbocycles. The zero-order valence-electron chi connectivity index (χ0n) is 12.1. The fourth-order valence-corrected chi connectivity index (χ4v) is 2.02. The minimum absolute atomic E-state index is 0.0623. The standard InChI is InChI=1S/C15H20F4O/c1-5-10(14(2,3)4)9-20-13-7-6-11(16)8-12(13)15(17,18)19/h6-8,10H,5,9H2,1-4H3. The summed E-state index contributed by atoms with van der Waals surface area (Å²) in [5.74, 6) is -1.12.